The fourth-order valence-electron chi connectivity index (χ4n) is 6.36. The molecule has 1 aromatic carbocycles. The average molecular weight is 438 g/mol. The number of nitrogens with one attached hydrogen (secondary N) is 1. The molecule has 2 aliphatic rings. The molecular weight excluding hydrogens is 401 g/mol. The number of hydrogen-bond donors (Lipinski definition) is 1. The molecule has 1 N–H and O–H groups in total. The number of hydrogen-bond acceptors (Lipinski definition) is 2. The van der Waals surface area contributed by atoms with E-state index in [1.165, 1.54) is 23.3 Å². The minimum Gasteiger partial charge on any atom is -0.351 e. The molecule has 172 valence electrons. The summed E-state index contributed by atoms with van der Waals surface area (Å²) in [5.41, 5.74) is 4.73. The number of halogens is 1. The third-order valence-electron chi connectivity index (χ3n) is 7.76. The van der Waals surface area contributed by atoms with Crippen molar-refractivity contribution < 1.29 is 9.18 Å². The zero-order valence-corrected chi connectivity index (χ0v) is 19.9. The number of amides is 1. The van der Waals surface area contributed by atoms with Crippen LogP contribution in [0.1, 0.15) is 83.9 Å². The molecule has 0 unspecified atom stereocenters. The van der Waals surface area contributed by atoms with Gasteiger partial charge in [0.25, 0.3) is 0 Å². The van der Waals surface area contributed by atoms with Crippen LogP contribution in [-0.2, 0) is 11.2 Å². The van der Waals surface area contributed by atoms with Gasteiger partial charge in [0.2, 0.25) is 5.91 Å². The molecule has 4 rings (SSSR count). The summed E-state index contributed by atoms with van der Waals surface area (Å²) in [6.07, 6.45) is 12.7. The van der Waals surface area contributed by atoms with E-state index in [-0.39, 0.29) is 22.7 Å². The van der Waals surface area contributed by atoms with Crippen molar-refractivity contribution in [2.75, 3.05) is 0 Å². The highest BCUT2D eigenvalue weighted by Crippen LogP contribution is 2.55. The zero-order chi connectivity index (χ0) is 22.9. The Morgan fingerprint density at radius 1 is 1.25 bits per heavy atom. The van der Waals surface area contributed by atoms with E-state index in [1.54, 1.807) is 19.1 Å². The molecule has 32 heavy (non-hydrogen) atoms. The molecule has 1 amide bonds. The van der Waals surface area contributed by atoms with Gasteiger partial charge in [0.15, 0.2) is 0 Å². The molecule has 2 aliphatic carbocycles. The lowest BCUT2D eigenvalue weighted by Gasteiger charge is -2.43. The van der Waals surface area contributed by atoms with E-state index in [0.29, 0.717) is 5.92 Å². The van der Waals surface area contributed by atoms with E-state index in [1.807, 2.05) is 10.9 Å². The van der Waals surface area contributed by atoms with Gasteiger partial charge >= 0.3 is 0 Å². The highest BCUT2D eigenvalue weighted by Gasteiger charge is 2.48. The first-order valence-corrected chi connectivity index (χ1v) is 12.1. The molecule has 1 heterocycles. The lowest BCUT2D eigenvalue weighted by atomic mass is 9.65. The highest BCUT2D eigenvalue weighted by molar-refractivity contribution is 5.73. The first kappa shape index (κ1) is 22.8. The molecule has 4 nitrogen and oxygen atoms in total. The maximum Gasteiger partial charge on any atom is 0.217 e. The van der Waals surface area contributed by atoms with Gasteiger partial charge in [-0.3, -0.25) is 4.79 Å². The van der Waals surface area contributed by atoms with Crippen LogP contribution in [0.3, 0.4) is 0 Å². The number of rotatable bonds is 8. The van der Waals surface area contributed by atoms with Crippen molar-refractivity contribution in [3.05, 3.63) is 53.1 Å². The minimum atomic E-state index is -0.235. The SMILES string of the molecule is CCCC(CCC)(C[C@H]1CCC2=Cc3c(cnn3-c3ccc(F)cc3)C[C@@]21C)NC(C)=O. The topological polar surface area (TPSA) is 46.9 Å². The third kappa shape index (κ3) is 4.14. The Hall–Kier alpha value is -2.43. The summed E-state index contributed by atoms with van der Waals surface area (Å²) in [6.45, 7) is 8.48. The molecule has 2 atom stereocenters. The number of allylic oxidation sites excluding steroid dienone is 1. The highest BCUT2D eigenvalue weighted by atomic mass is 19.1. The normalized spacial score (nSPS) is 22.3. The van der Waals surface area contributed by atoms with Crippen LogP contribution in [0.25, 0.3) is 11.8 Å². The number of benzene rings is 1. The molecule has 0 radical (unpaired) electrons. The fourth-order valence-corrected chi connectivity index (χ4v) is 6.36. The molecule has 1 fully saturated rings. The van der Waals surface area contributed by atoms with Crippen molar-refractivity contribution in [3.63, 3.8) is 0 Å². The largest absolute Gasteiger partial charge is 0.351 e. The van der Waals surface area contributed by atoms with Crippen LogP contribution in [0.4, 0.5) is 4.39 Å². The lowest BCUT2D eigenvalue weighted by Crippen LogP contribution is -2.50. The summed E-state index contributed by atoms with van der Waals surface area (Å²) in [5.74, 6) is 0.375. The number of fused-ring (bicyclic) bond motifs is 2. The molecular formula is C27H36FN3O. The van der Waals surface area contributed by atoms with E-state index in [9.17, 15) is 9.18 Å². The Balaban J connectivity index is 1.63. The first-order chi connectivity index (χ1) is 15.3. The van der Waals surface area contributed by atoms with Gasteiger partial charge in [-0.15, -0.1) is 0 Å². The second-order valence-electron chi connectivity index (χ2n) is 10.1. The van der Waals surface area contributed by atoms with E-state index in [2.05, 4.69) is 37.3 Å². The predicted molar refractivity (Wildman–Crippen MR) is 127 cm³/mol. The van der Waals surface area contributed by atoms with E-state index in [4.69, 9.17) is 0 Å². The number of aromatic nitrogens is 2. The van der Waals surface area contributed by atoms with Crippen molar-refractivity contribution in [2.24, 2.45) is 11.3 Å². The Bertz CT molecular complexity index is 1000. The number of nitrogens with zero attached hydrogens (tertiary/aromatic N) is 2. The minimum absolute atomic E-state index is 0.0809. The number of carbonyl (C=O) groups excluding carboxylic acids is 1. The van der Waals surface area contributed by atoms with Crippen LogP contribution in [0.5, 0.6) is 0 Å². The summed E-state index contributed by atoms with van der Waals surface area (Å²) in [7, 11) is 0. The van der Waals surface area contributed by atoms with Gasteiger partial charge in [0.1, 0.15) is 5.82 Å². The maximum atomic E-state index is 13.4. The van der Waals surface area contributed by atoms with Crippen LogP contribution in [0.2, 0.25) is 0 Å². The smallest absolute Gasteiger partial charge is 0.217 e. The van der Waals surface area contributed by atoms with Crippen molar-refractivity contribution in [1.29, 1.82) is 0 Å². The summed E-state index contributed by atoms with van der Waals surface area (Å²) in [5, 5.41) is 8.03. The van der Waals surface area contributed by atoms with Crippen LogP contribution >= 0.6 is 0 Å². The van der Waals surface area contributed by atoms with Crippen molar-refractivity contribution in [1.82, 2.24) is 15.1 Å². The Morgan fingerprint density at radius 3 is 2.56 bits per heavy atom. The quantitative estimate of drug-likeness (QED) is 0.532. The molecule has 0 saturated heterocycles. The molecule has 0 aliphatic heterocycles. The summed E-state index contributed by atoms with van der Waals surface area (Å²) >= 11 is 0. The van der Waals surface area contributed by atoms with Gasteiger partial charge in [0.05, 0.1) is 17.6 Å². The molecule has 0 spiro atoms. The second kappa shape index (κ2) is 8.84. The number of carbonyl (C=O) groups is 1. The first-order valence-electron chi connectivity index (χ1n) is 12.1. The van der Waals surface area contributed by atoms with Gasteiger partial charge in [-0.1, -0.05) is 39.2 Å². The van der Waals surface area contributed by atoms with Crippen LogP contribution in [0, 0.1) is 17.2 Å². The molecule has 2 aromatic rings. The monoisotopic (exact) mass is 437 g/mol. The summed E-state index contributed by atoms with van der Waals surface area (Å²) in [6, 6.07) is 6.53. The average Bonchev–Trinajstić information content (AvgIpc) is 3.27. The van der Waals surface area contributed by atoms with E-state index >= 15 is 0 Å². The standard InChI is InChI=1S/C27H36FN3O/c1-5-13-27(14-6-2,30-19(3)32)17-22-8-7-21-15-25-20(16-26(21,22)4)18-29-31(25)24-11-9-23(28)10-12-24/h9-12,15,18,22H,5-8,13-14,16-17H2,1-4H3,(H,30,32)/t22-,26+/m1/s1. The Labute approximate surface area is 191 Å². The summed E-state index contributed by atoms with van der Waals surface area (Å²) in [4.78, 5) is 12.1. The van der Waals surface area contributed by atoms with Gasteiger partial charge in [0, 0.05) is 12.5 Å². The Morgan fingerprint density at radius 2 is 1.94 bits per heavy atom. The third-order valence-corrected chi connectivity index (χ3v) is 7.76. The molecule has 1 aromatic heterocycles. The van der Waals surface area contributed by atoms with Crippen LogP contribution in [0.15, 0.2) is 36.0 Å². The second-order valence-corrected chi connectivity index (χ2v) is 10.1. The van der Waals surface area contributed by atoms with E-state index < -0.39 is 0 Å². The van der Waals surface area contributed by atoms with Gasteiger partial charge in [-0.25, -0.2) is 9.07 Å². The predicted octanol–water partition coefficient (Wildman–Crippen LogP) is 6.23. The molecule has 0 bridgehead atoms. The van der Waals surface area contributed by atoms with Crippen molar-refractivity contribution in [3.8, 4) is 5.69 Å². The summed E-state index contributed by atoms with van der Waals surface area (Å²) < 4.78 is 15.3. The van der Waals surface area contributed by atoms with Gasteiger partial charge < -0.3 is 5.32 Å². The zero-order valence-electron chi connectivity index (χ0n) is 19.9. The van der Waals surface area contributed by atoms with Crippen LogP contribution in [-0.4, -0.2) is 21.2 Å². The van der Waals surface area contributed by atoms with Crippen molar-refractivity contribution in [2.45, 2.75) is 84.6 Å². The van der Waals surface area contributed by atoms with Crippen LogP contribution < -0.4 is 5.32 Å². The van der Waals surface area contributed by atoms with E-state index in [0.717, 1.165) is 62.7 Å². The molecule has 1 saturated carbocycles. The molecule has 5 heteroatoms. The van der Waals surface area contributed by atoms with Crippen molar-refractivity contribution >= 4 is 12.0 Å². The van der Waals surface area contributed by atoms with Gasteiger partial charge in [-0.05, 0) is 85.8 Å². The lowest BCUT2D eigenvalue weighted by molar-refractivity contribution is -0.121. The Kier molecular flexibility index (Phi) is 6.28. The fraction of sp³-hybridized carbons (Fsp3) is 0.556. The van der Waals surface area contributed by atoms with Gasteiger partial charge in [-0.2, -0.15) is 5.10 Å². The maximum absolute atomic E-state index is 13.4.